The summed E-state index contributed by atoms with van der Waals surface area (Å²) in [4.78, 5) is 24.8. The van der Waals surface area contributed by atoms with Gasteiger partial charge in [-0.25, -0.2) is 14.5 Å². The molecule has 4 amide bonds. The van der Waals surface area contributed by atoms with Gasteiger partial charge in [-0.15, -0.1) is 0 Å². The van der Waals surface area contributed by atoms with E-state index in [9.17, 15) is 14.7 Å². The Morgan fingerprint density at radius 3 is 2.29 bits per heavy atom. The lowest BCUT2D eigenvalue weighted by Gasteiger charge is -2.44. The molecule has 1 atom stereocenters. The van der Waals surface area contributed by atoms with Gasteiger partial charge in [0.25, 0.3) is 0 Å². The van der Waals surface area contributed by atoms with Gasteiger partial charge in [0.1, 0.15) is 0 Å². The van der Waals surface area contributed by atoms with Gasteiger partial charge in [0.15, 0.2) is 0 Å². The van der Waals surface area contributed by atoms with Crippen LogP contribution < -0.4 is 5.32 Å². The zero-order valence-electron chi connectivity index (χ0n) is 8.74. The summed E-state index contributed by atoms with van der Waals surface area (Å²) in [6, 6.07) is -1.10. The second-order valence-corrected chi connectivity index (χ2v) is 4.21. The third-order valence-corrected chi connectivity index (χ3v) is 2.02. The number of aliphatic hydroxyl groups is 1. The number of hydrogen-bond donors (Lipinski definition) is 2. The first kappa shape index (κ1) is 10.8. The first-order valence-electron chi connectivity index (χ1n) is 4.30. The lowest BCUT2D eigenvalue weighted by atomic mass is 10.1. The molecule has 1 rings (SSSR count). The number of carbonyl (C=O) groups is 2. The number of aliphatic hydroxyl groups excluding tert-OH is 1. The topological polar surface area (TPSA) is 72.9 Å². The first-order valence-corrected chi connectivity index (χ1v) is 4.30. The molecule has 14 heavy (non-hydrogen) atoms. The summed E-state index contributed by atoms with van der Waals surface area (Å²) in [5.74, 6) is 0. The van der Waals surface area contributed by atoms with Crippen molar-refractivity contribution in [3.05, 3.63) is 0 Å². The molecule has 6 nitrogen and oxygen atoms in total. The maximum Gasteiger partial charge on any atom is 0.331 e. The minimum Gasteiger partial charge on any atom is -0.356 e. The molecule has 1 fully saturated rings. The average Bonchev–Trinajstić information content (AvgIpc) is 1.97. The van der Waals surface area contributed by atoms with E-state index in [4.69, 9.17) is 0 Å². The number of imide groups is 1. The van der Waals surface area contributed by atoms with E-state index in [2.05, 4.69) is 5.32 Å². The van der Waals surface area contributed by atoms with Crippen molar-refractivity contribution in [1.29, 1.82) is 0 Å². The van der Waals surface area contributed by atoms with E-state index in [1.54, 1.807) is 20.8 Å². The Labute approximate surface area is 82.5 Å². The standard InChI is InChI=1S/C8H15N3O3/c1-8(2,3)11-6(13)9-5(12)10(4)7(11)14/h6,13H,1-4H3,(H,9,12). The highest BCUT2D eigenvalue weighted by atomic mass is 16.3. The van der Waals surface area contributed by atoms with Crippen LogP contribution in [-0.4, -0.2) is 45.9 Å². The molecule has 0 aromatic heterocycles. The molecule has 6 heteroatoms. The Bertz CT molecular complexity index is 271. The minimum absolute atomic E-state index is 0.506. The summed E-state index contributed by atoms with van der Waals surface area (Å²) >= 11 is 0. The molecule has 0 spiro atoms. The van der Waals surface area contributed by atoms with Gasteiger partial charge in [0.05, 0.1) is 0 Å². The molecule has 1 aliphatic heterocycles. The van der Waals surface area contributed by atoms with Crippen LogP contribution in [-0.2, 0) is 0 Å². The van der Waals surface area contributed by atoms with Gasteiger partial charge >= 0.3 is 12.1 Å². The zero-order valence-corrected chi connectivity index (χ0v) is 8.74. The predicted octanol–water partition coefficient (Wildman–Crippen LogP) is 0.138. The highest BCUT2D eigenvalue weighted by Gasteiger charge is 2.41. The normalized spacial score (nSPS) is 23.9. The first-order chi connectivity index (χ1) is 6.25. The molecule has 1 aliphatic rings. The van der Waals surface area contributed by atoms with Gasteiger partial charge in [-0.05, 0) is 20.8 Å². The Balaban J connectivity index is 2.96. The lowest BCUT2D eigenvalue weighted by molar-refractivity contribution is -0.0513. The summed E-state index contributed by atoms with van der Waals surface area (Å²) in [5, 5.41) is 11.8. The fourth-order valence-electron chi connectivity index (χ4n) is 1.28. The molecule has 0 bridgehead atoms. The van der Waals surface area contributed by atoms with E-state index in [0.29, 0.717) is 0 Å². The van der Waals surface area contributed by atoms with Crippen LogP contribution in [0.4, 0.5) is 9.59 Å². The summed E-state index contributed by atoms with van der Waals surface area (Å²) in [6.07, 6.45) is -1.26. The van der Waals surface area contributed by atoms with E-state index < -0.39 is 24.0 Å². The molecule has 1 heterocycles. The number of hydrogen-bond acceptors (Lipinski definition) is 3. The summed E-state index contributed by atoms with van der Waals surface area (Å²) in [7, 11) is 1.36. The van der Waals surface area contributed by atoms with Crippen molar-refractivity contribution >= 4 is 12.1 Å². The number of nitrogens with one attached hydrogen (secondary N) is 1. The van der Waals surface area contributed by atoms with Crippen LogP contribution in [0.1, 0.15) is 20.8 Å². The van der Waals surface area contributed by atoms with Crippen LogP contribution in [0.5, 0.6) is 0 Å². The third kappa shape index (κ3) is 1.65. The Kier molecular flexibility index (Phi) is 2.41. The molecular formula is C8H15N3O3. The number of rotatable bonds is 0. The second-order valence-electron chi connectivity index (χ2n) is 4.21. The van der Waals surface area contributed by atoms with Gasteiger partial charge in [0.2, 0.25) is 6.35 Å². The van der Waals surface area contributed by atoms with E-state index >= 15 is 0 Å². The maximum absolute atomic E-state index is 11.6. The molecule has 0 aromatic carbocycles. The lowest BCUT2D eigenvalue weighted by Crippen LogP contribution is -2.68. The minimum atomic E-state index is -1.26. The van der Waals surface area contributed by atoms with Gasteiger partial charge in [-0.3, -0.25) is 10.2 Å². The number of carbonyl (C=O) groups excluding carboxylic acids is 2. The van der Waals surface area contributed by atoms with Crippen LogP contribution in [0.25, 0.3) is 0 Å². The SMILES string of the molecule is CN1C(=O)NC(O)N(C(C)(C)C)C1=O. The summed E-state index contributed by atoms with van der Waals surface area (Å²) < 4.78 is 0. The van der Waals surface area contributed by atoms with Crippen LogP contribution in [0, 0.1) is 0 Å². The average molecular weight is 201 g/mol. The van der Waals surface area contributed by atoms with Gasteiger partial charge < -0.3 is 5.11 Å². The largest absolute Gasteiger partial charge is 0.356 e. The molecule has 2 N–H and O–H groups in total. The van der Waals surface area contributed by atoms with Crippen molar-refractivity contribution in [2.45, 2.75) is 32.7 Å². The number of amides is 4. The summed E-state index contributed by atoms with van der Waals surface area (Å²) in [6.45, 7) is 5.33. The van der Waals surface area contributed by atoms with Gasteiger partial charge in [0, 0.05) is 12.6 Å². The molecule has 0 saturated carbocycles. The van der Waals surface area contributed by atoms with Crippen molar-refractivity contribution in [3.63, 3.8) is 0 Å². The van der Waals surface area contributed by atoms with E-state index in [1.807, 2.05) is 0 Å². The molecule has 0 aromatic rings. The zero-order chi connectivity index (χ0) is 11.1. The molecule has 0 aliphatic carbocycles. The summed E-state index contributed by atoms with van der Waals surface area (Å²) in [5.41, 5.74) is -0.543. The molecule has 1 unspecified atom stereocenters. The number of nitrogens with zero attached hydrogens (tertiary/aromatic N) is 2. The van der Waals surface area contributed by atoms with E-state index in [1.165, 1.54) is 11.9 Å². The van der Waals surface area contributed by atoms with Crippen LogP contribution >= 0.6 is 0 Å². The highest BCUT2D eigenvalue weighted by molar-refractivity contribution is 5.95. The third-order valence-electron chi connectivity index (χ3n) is 2.02. The molecular weight excluding hydrogens is 186 g/mol. The quantitative estimate of drug-likeness (QED) is 0.585. The van der Waals surface area contributed by atoms with Crippen molar-refractivity contribution in [3.8, 4) is 0 Å². The molecule has 1 saturated heterocycles. The fraction of sp³-hybridized carbons (Fsp3) is 0.750. The van der Waals surface area contributed by atoms with Crippen LogP contribution in [0.3, 0.4) is 0 Å². The van der Waals surface area contributed by atoms with E-state index in [0.717, 1.165) is 4.90 Å². The second kappa shape index (κ2) is 3.13. The van der Waals surface area contributed by atoms with Crippen molar-refractivity contribution in [2.75, 3.05) is 7.05 Å². The van der Waals surface area contributed by atoms with Crippen molar-refractivity contribution < 1.29 is 14.7 Å². The Morgan fingerprint density at radius 2 is 1.86 bits per heavy atom. The number of urea groups is 2. The van der Waals surface area contributed by atoms with Crippen LogP contribution in [0.15, 0.2) is 0 Å². The molecule has 80 valence electrons. The fourth-order valence-corrected chi connectivity index (χ4v) is 1.28. The molecule has 0 radical (unpaired) electrons. The highest BCUT2D eigenvalue weighted by Crippen LogP contribution is 2.19. The Hall–Kier alpha value is -1.30. The monoisotopic (exact) mass is 201 g/mol. The van der Waals surface area contributed by atoms with Gasteiger partial charge in [-0.1, -0.05) is 0 Å². The van der Waals surface area contributed by atoms with Gasteiger partial charge in [-0.2, -0.15) is 0 Å². The van der Waals surface area contributed by atoms with Crippen LogP contribution in [0.2, 0.25) is 0 Å². The van der Waals surface area contributed by atoms with E-state index in [-0.39, 0.29) is 0 Å². The van der Waals surface area contributed by atoms with Crippen molar-refractivity contribution in [2.24, 2.45) is 0 Å². The Morgan fingerprint density at radius 1 is 1.36 bits per heavy atom. The smallest absolute Gasteiger partial charge is 0.331 e. The van der Waals surface area contributed by atoms with Crippen molar-refractivity contribution in [1.82, 2.24) is 15.1 Å². The maximum atomic E-state index is 11.6. The predicted molar refractivity (Wildman–Crippen MR) is 49.3 cm³/mol.